The van der Waals surface area contributed by atoms with Crippen LogP contribution in [0.5, 0.6) is 5.75 Å². The number of amides is 2. The maximum absolute atomic E-state index is 14.0. The van der Waals surface area contributed by atoms with Gasteiger partial charge in [-0.1, -0.05) is 86.4 Å². The summed E-state index contributed by atoms with van der Waals surface area (Å²) < 4.78 is 30.2. The van der Waals surface area contributed by atoms with Crippen molar-refractivity contribution in [3.8, 4) is 5.75 Å². The van der Waals surface area contributed by atoms with Crippen LogP contribution in [0.4, 0.5) is 0 Å². The van der Waals surface area contributed by atoms with E-state index in [1.165, 1.54) is 13.2 Å². The van der Waals surface area contributed by atoms with Crippen LogP contribution in [0.1, 0.15) is 84.0 Å². The van der Waals surface area contributed by atoms with Gasteiger partial charge in [0.05, 0.1) is 24.2 Å². The number of carbonyl (C=O) groups excluding carboxylic acids is 4. The molecule has 2 aromatic carbocycles. The summed E-state index contributed by atoms with van der Waals surface area (Å²) in [7, 11) is 1.50. The van der Waals surface area contributed by atoms with E-state index in [2.05, 4.69) is 20.7 Å². The summed E-state index contributed by atoms with van der Waals surface area (Å²) in [5.74, 6) is -4.35. The molecule has 0 aliphatic carbocycles. The number of methoxy groups -OCH3 is 1. The molecule has 0 aromatic heterocycles. The van der Waals surface area contributed by atoms with Crippen LogP contribution in [-0.2, 0) is 44.5 Å². The highest BCUT2D eigenvalue weighted by molar-refractivity contribution is 6.32. The predicted molar refractivity (Wildman–Crippen MR) is 209 cm³/mol. The number of rotatable bonds is 13. The van der Waals surface area contributed by atoms with Gasteiger partial charge in [0.25, 0.3) is 0 Å². The Hall–Kier alpha value is -4.62. The Bertz CT molecular complexity index is 1730. The van der Waals surface area contributed by atoms with Crippen molar-refractivity contribution in [2.24, 2.45) is 22.9 Å². The number of hydrogen-bond donors (Lipinski definition) is 2. The van der Waals surface area contributed by atoms with Gasteiger partial charge in [0.2, 0.25) is 11.8 Å². The first-order valence-electron chi connectivity index (χ1n) is 19.1. The Morgan fingerprint density at radius 1 is 1.02 bits per heavy atom. The summed E-state index contributed by atoms with van der Waals surface area (Å²) in [5.41, 5.74) is 10.2. The fourth-order valence-corrected chi connectivity index (χ4v) is 7.10. The SMILES string of the molecule is COc1ccc(C[C@H]2NC(=O)/C=C/C[C@@H]([C@H](C)[C@H]3OC(C)(C)O[C@@H]3c3ccccc3)OC(=O)[C@H](CC(C)C)OC(=O)[C@H](CCCCN=[N+]=[N-])CNC2=O)cc1Cl. The predicted octanol–water partition coefficient (Wildman–Crippen LogP) is 6.95. The van der Waals surface area contributed by atoms with Crippen LogP contribution in [0.2, 0.25) is 5.02 Å². The lowest BCUT2D eigenvalue weighted by Gasteiger charge is -2.31. The number of halogens is 1. The number of benzene rings is 2. The van der Waals surface area contributed by atoms with Crippen LogP contribution in [0.3, 0.4) is 0 Å². The average molecular weight is 796 g/mol. The molecule has 2 N–H and O–H groups in total. The van der Waals surface area contributed by atoms with Gasteiger partial charge in [-0.15, -0.1) is 0 Å². The third kappa shape index (κ3) is 13.0. The fraction of sp³-hybridized carbons (Fsp3) is 0.561. The van der Waals surface area contributed by atoms with E-state index >= 15 is 0 Å². The Kier molecular flexibility index (Phi) is 16.6. The summed E-state index contributed by atoms with van der Waals surface area (Å²) in [6.07, 6.45) is 1.40. The lowest BCUT2D eigenvalue weighted by atomic mass is 9.89. The van der Waals surface area contributed by atoms with E-state index in [-0.39, 0.29) is 44.7 Å². The van der Waals surface area contributed by atoms with Gasteiger partial charge >= 0.3 is 11.9 Å². The maximum atomic E-state index is 14.0. The van der Waals surface area contributed by atoms with Gasteiger partial charge in [0.1, 0.15) is 24.0 Å². The van der Waals surface area contributed by atoms with Crippen LogP contribution < -0.4 is 15.4 Å². The molecule has 4 rings (SSSR count). The van der Waals surface area contributed by atoms with Crippen molar-refractivity contribution >= 4 is 35.4 Å². The number of esters is 2. The van der Waals surface area contributed by atoms with Gasteiger partial charge in [0.15, 0.2) is 11.9 Å². The highest BCUT2D eigenvalue weighted by Gasteiger charge is 2.47. The molecule has 2 heterocycles. The van der Waals surface area contributed by atoms with Crippen molar-refractivity contribution < 1.29 is 42.9 Å². The van der Waals surface area contributed by atoms with Gasteiger partial charge in [-0.25, -0.2) is 4.79 Å². The van der Waals surface area contributed by atoms with Crippen molar-refractivity contribution in [1.82, 2.24) is 10.6 Å². The highest BCUT2D eigenvalue weighted by Crippen LogP contribution is 2.43. The normalized spacial score (nSPS) is 25.9. The first-order valence-corrected chi connectivity index (χ1v) is 19.5. The monoisotopic (exact) mass is 795 g/mol. The van der Waals surface area contributed by atoms with Crippen LogP contribution >= 0.6 is 11.6 Å². The molecule has 0 bridgehead atoms. The molecule has 0 saturated carbocycles. The van der Waals surface area contributed by atoms with Gasteiger partial charge in [-0.05, 0) is 73.9 Å². The smallest absolute Gasteiger partial charge is 0.347 e. The van der Waals surface area contributed by atoms with Crippen LogP contribution in [0, 0.1) is 17.8 Å². The second kappa shape index (κ2) is 21.1. The summed E-state index contributed by atoms with van der Waals surface area (Å²) in [4.78, 5) is 57.9. The van der Waals surface area contributed by atoms with E-state index in [1.54, 1.807) is 24.3 Å². The van der Waals surface area contributed by atoms with E-state index in [1.807, 2.05) is 65.0 Å². The Balaban J connectivity index is 1.69. The van der Waals surface area contributed by atoms with Gasteiger partial charge in [-0.3, -0.25) is 14.4 Å². The summed E-state index contributed by atoms with van der Waals surface area (Å²) >= 11 is 6.38. The van der Waals surface area contributed by atoms with Gasteiger partial charge < -0.3 is 34.3 Å². The fourth-order valence-electron chi connectivity index (χ4n) is 6.82. The zero-order valence-corrected chi connectivity index (χ0v) is 33.7. The van der Waals surface area contributed by atoms with Crippen LogP contribution in [0.25, 0.3) is 10.4 Å². The Morgan fingerprint density at radius 3 is 2.45 bits per heavy atom. The number of nitrogens with one attached hydrogen (secondary N) is 2. The Morgan fingerprint density at radius 2 is 1.77 bits per heavy atom. The van der Waals surface area contributed by atoms with E-state index in [4.69, 9.17) is 40.8 Å². The topological polar surface area (TPSA) is 187 Å². The number of carbonyl (C=O) groups is 4. The molecule has 2 aromatic rings. The molecule has 2 aliphatic rings. The average Bonchev–Trinajstić information content (AvgIpc) is 3.49. The second-order valence-corrected chi connectivity index (χ2v) is 15.5. The first-order chi connectivity index (χ1) is 26.7. The zero-order chi connectivity index (χ0) is 40.8. The van der Waals surface area contributed by atoms with Crippen molar-refractivity contribution in [3.05, 3.63) is 87.3 Å². The molecule has 15 heteroatoms. The van der Waals surface area contributed by atoms with Gasteiger partial charge in [-0.2, -0.15) is 0 Å². The van der Waals surface area contributed by atoms with Gasteiger partial charge in [0, 0.05) is 36.8 Å². The number of cyclic esters (lactones) is 2. The lowest BCUT2D eigenvalue weighted by Crippen LogP contribution is -2.49. The van der Waals surface area contributed by atoms with Crippen LogP contribution in [0.15, 0.2) is 65.8 Å². The second-order valence-electron chi connectivity index (χ2n) is 15.1. The van der Waals surface area contributed by atoms with E-state index in [0.717, 1.165) is 5.56 Å². The lowest BCUT2D eigenvalue weighted by molar-refractivity contribution is -0.180. The van der Waals surface area contributed by atoms with Crippen molar-refractivity contribution in [3.63, 3.8) is 0 Å². The minimum atomic E-state index is -1.24. The molecule has 14 nitrogen and oxygen atoms in total. The number of hydrogen-bond acceptors (Lipinski definition) is 10. The molecule has 56 heavy (non-hydrogen) atoms. The van der Waals surface area contributed by atoms with Crippen LogP contribution in [-0.4, -0.2) is 74.1 Å². The molecular weight excluding hydrogens is 742 g/mol. The Labute approximate surface area is 333 Å². The molecular formula is C41H54ClN5O9. The highest BCUT2D eigenvalue weighted by atomic mass is 35.5. The van der Waals surface area contributed by atoms with Crippen molar-refractivity contribution in [1.29, 1.82) is 0 Å². The number of azide groups is 1. The van der Waals surface area contributed by atoms with E-state index in [9.17, 15) is 19.2 Å². The minimum Gasteiger partial charge on any atom is -0.495 e. The number of ether oxygens (including phenoxy) is 5. The first kappa shape index (κ1) is 44.1. The summed E-state index contributed by atoms with van der Waals surface area (Å²) in [5, 5.41) is 9.50. The molecule has 2 amide bonds. The van der Waals surface area contributed by atoms with E-state index < -0.39 is 71.8 Å². The largest absolute Gasteiger partial charge is 0.495 e. The molecule has 1 fully saturated rings. The molecule has 0 unspecified atom stereocenters. The molecule has 0 radical (unpaired) electrons. The summed E-state index contributed by atoms with van der Waals surface area (Å²) in [6.45, 7) is 9.44. The summed E-state index contributed by atoms with van der Waals surface area (Å²) in [6, 6.07) is 13.7. The molecule has 7 atom stereocenters. The minimum absolute atomic E-state index is 0.0468. The number of unbranched alkanes of at least 4 members (excludes halogenated alkanes) is 1. The zero-order valence-electron chi connectivity index (χ0n) is 32.9. The van der Waals surface area contributed by atoms with E-state index in [0.29, 0.717) is 29.2 Å². The standard InChI is InChI=1S/C41H54ClN5O9/c1-25(2)21-34-40(51)53-32(26(3)36-37(56-41(4,5)55-36)28-13-8-7-9-14-28)16-12-17-35(48)46-31(23-27-18-19-33(52-6)30(42)22-27)38(49)44-24-29(39(50)54-34)15-10-11-20-45-47-43/h7-9,12-14,17-19,22,25-26,29,31-32,34,36-37H,10-11,15-16,20-21,23-24H2,1-6H3,(H,44,49)(H,46,48)/b17-12+/t26-,29+,31+,32-,34-,36+,37+/m0/s1. The maximum Gasteiger partial charge on any atom is 0.347 e. The number of nitrogens with zero attached hydrogens (tertiary/aromatic N) is 3. The molecule has 0 spiro atoms. The third-order valence-corrected chi connectivity index (χ3v) is 10.0. The van der Waals surface area contributed by atoms with Crippen molar-refractivity contribution in [2.45, 2.75) is 109 Å². The molecule has 304 valence electrons. The quantitative estimate of drug-likeness (QED) is 0.0711. The van der Waals surface area contributed by atoms with Crippen molar-refractivity contribution in [2.75, 3.05) is 20.2 Å². The third-order valence-electron chi connectivity index (χ3n) is 9.74. The molecule has 1 saturated heterocycles. The molecule has 2 aliphatic heterocycles.